The second kappa shape index (κ2) is 5.22. The fourth-order valence-corrected chi connectivity index (χ4v) is 1.94. The largest absolute Gasteiger partial charge is 0.512 e. The van der Waals surface area contributed by atoms with Crippen molar-refractivity contribution in [2.75, 3.05) is 14.2 Å². The quantitative estimate of drug-likeness (QED) is 0.850. The molecule has 0 spiro atoms. The van der Waals surface area contributed by atoms with E-state index in [-0.39, 0.29) is 17.8 Å². The van der Waals surface area contributed by atoms with Crippen LogP contribution in [0.5, 0.6) is 11.5 Å². The van der Waals surface area contributed by atoms with Crippen molar-refractivity contribution in [1.29, 1.82) is 0 Å². The van der Waals surface area contributed by atoms with E-state index in [0.717, 1.165) is 5.56 Å². The number of cyclic esters (lactones) is 1. The Bertz CT molecular complexity index is 533. The highest BCUT2D eigenvalue weighted by Crippen LogP contribution is 2.35. The van der Waals surface area contributed by atoms with Gasteiger partial charge in [-0.05, 0) is 24.6 Å². The van der Waals surface area contributed by atoms with Crippen LogP contribution in [-0.2, 0) is 9.53 Å². The molecule has 0 saturated heterocycles. The van der Waals surface area contributed by atoms with Crippen LogP contribution in [0.3, 0.4) is 0 Å². The third-order valence-electron chi connectivity index (χ3n) is 3.15. The van der Waals surface area contributed by atoms with E-state index in [1.54, 1.807) is 32.2 Å². The van der Waals surface area contributed by atoms with Crippen molar-refractivity contribution in [1.82, 2.24) is 0 Å². The summed E-state index contributed by atoms with van der Waals surface area (Å²) >= 11 is 0. The number of ether oxygens (including phenoxy) is 3. The van der Waals surface area contributed by atoms with Gasteiger partial charge in [-0.2, -0.15) is 0 Å². The molecule has 102 valence electrons. The summed E-state index contributed by atoms with van der Waals surface area (Å²) in [7, 11) is 3.09. The van der Waals surface area contributed by atoms with E-state index >= 15 is 0 Å². The summed E-state index contributed by atoms with van der Waals surface area (Å²) in [6, 6.07) is 5.27. The van der Waals surface area contributed by atoms with Crippen molar-refractivity contribution in [2.45, 2.75) is 19.4 Å². The Morgan fingerprint density at radius 1 is 1.26 bits per heavy atom. The molecule has 1 aromatic rings. The van der Waals surface area contributed by atoms with Crippen LogP contribution in [-0.4, -0.2) is 25.3 Å². The fourth-order valence-electron chi connectivity index (χ4n) is 1.94. The standard InChI is InChI=1S/C14H16O5/c1-8-10(15)7-12(19-14(8)16)9-4-5-11(17-2)13(6-9)18-3/h4-6,12,15H,7H2,1-3H3/t12-/m1/s1. The Hall–Kier alpha value is -2.17. The highest BCUT2D eigenvalue weighted by Gasteiger charge is 2.28. The number of esters is 1. The zero-order chi connectivity index (χ0) is 14.0. The summed E-state index contributed by atoms with van der Waals surface area (Å²) in [5.74, 6) is 0.728. The van der Waals surface area contributed by atoms with Gasteiger partial charge in [-0.1, -0.05) is 6.07 Å². The third-order valence-corrected chi connectivity index (χ3v) is 3.15. The molecule has 0 aromatic heterocycles. The van der Waals surface area contributed by atoms with E-state index in [1.165, 1.54) is 7.11 Å². The fraction of sp³-hybridized carbons (Fsp3) is 0.357. The summed E-state index contributed by atoms with van der Waals surface area (Å²) in [5.41, 5.74) is 1.02. The molecule has 0 unspecified atom stereocenters. The lowest BCUT2D eigenvalue weighted by Crippen LogP contribution is -2.20. The van der Waals surface area contributed by atoms with E-state index < -0.39 is 12.1 Å². The zero-order valence-corrected chi connectivity index (χ0v) is 11.1. The van der Waals surface area contributed by atoms with Crippen LogP contribution < -0.4 is 9.47 Å². The van der Waals surface area contributed by atoms with Crippen molar-refractivity contribution in [3.05, 3.63) is 35.1 Å². The lowest BCUT2D eigenvalue weighted by molar-refractivity contribution is -0.147. The number of hydrogen-bond acceptors (Lipinski definition) is 5. The summed E-state index contributed by atoms with van der Waals surface area (Å²) in [5, 5.41) is 9.73. The van der Waals surface area contributed by atoms with Crippen molar-refractivity contribution in [3.8, 4) is 11.5 Å². The molecule has 1 aliphatic rings. The average Bonchev–Trinajstić information content (AvgIpc) is 2.43. The second-order valence-corrected chi connectivity index (χ2v) is 4.28. The van der Waals surface area contributed by atoms with Crippen LogP contribution in [0, 0.1) is 0 Å². The average molecular weight is 264 g/mol. The predicted octanol–water partition coefficient (Wildman–Crippen LogP) is 2.52. The minimum atomic E-state index is -0.504. The van der Waals surface area contributed by atoms with E-state index in [9.17, 15) is 9.90 Å². The summed E-state index contributed by atoms with van der Waals surface area (Å²) in [6.45, 7) is 1.54. The van der Waals surface area contributed by atoms with Crippen LogP contribution in [0.25, 0.3) is 0 Å². The highest BCUT2D eigenvalue weighted by atomic mass is 16.5. The normalized spacial score (nSPS) is 19.1. The van der Waals surface area contributed by atoms with E-state index in [2.05, 4.69) is 0 Å². The minimum Gasteiger partial charge on any atom is -0.512 e. The molecule has 0 amide bonds. The first-order chi connectivity index (χ1) is 9.06. The molecule has 0 saturated carbocycles. The Morgan fingerprint density at radius 3 is 2.53 bits per heavy atom. The lowest BCUT2D eigenvalue weighted by Gasteiger charge is -2.24. The molecule has 1 aromatic carbocycles. The molecule has 5 heteroatoms. The third kappa shape index (κ3) is 2.50. The number of benzene rings is 1. The van der Waals surface area contributed by atoms with Crippen molar-refractivity contribution in [3.63, 3.8) is 0 Å². The zero-order valence-electron chi connectivity index (χ0n) is 11.1. The molecular formula is C14H16O5. The Morgan fingerprint density at radius 2 is 1.95 bits per heavy atom. The lowest BCUT2D eigenvalue weighted by atomic mass is 10.0. The van der Waals surface area contributed by atoms with Crippen LogP contribution in [0.15, 0.2) is 29.5 Å². The smallest absolute Gasteiger partial charge is 0.337 e. The first-order valence-corrected chi connectivity index (χ1v) is 5.88. The van der Waals surface area contributed by atoms with E-state index in [4.69, 9.17) is 14.2 Å². The molecule has 19 heavy (non-hydrogen) atoms. The highest BCUT2D eigenvalue weighted by molar-refractivity contribution is 5.89. The Kier molecular flexibility index (Phi) is 3.64. The first-order valence-electron chi connectivity index (χ1n) is 5.88. The molecule has 5 nitrogen and oxygen atoms in total. The molecule has 1 atom stereocenters. The second-order valence-electron chi connectivity index (χ2n) is 4.28. The van der Waals surface area contributed by atoms with Gasteiger partial charge in [0.05, 0.1) is 19.8 Å². The molecule has 1 heterocycles. The SMILES string of the molecule is COc1ccc([C@H]2CC(O)=C(C)C(=O)O2)cc1OC. The molecule has 1 aliphatic heterocycles. The van der Waals surface area contributed by atoms with Crippen LogP contribution in [0.2, 0.25) is 0 Å². The summed E-state index contributed by atoms with van der Waals surface area (Å²) in [6.07, 6.45) is -0.233. The monoisotopic (exact) mass is 264 g/mol. The van der Waals surface area contributed by atoms with E-state index in [1.807, 2.05) is 0 Å². The van der Waals surface area contributed by atoms with Gasteiger partial charge in [0.25, 0.3) is 0 Å². The van der Waals surface area contributed by atoms with Gasteiger partial charge >= 0.3 is 5.97 Å². The van der Waals surface area contributed by atoms with E-state index in [0.29, 0.717) is 11.5 Å². The van der Waals surface area contributed by atoms with Gasteiger partial charge in [0, 0.05) is 6.42 Å². The molecular weight excluding hydrogens is 248 g/mol. The molecule has 0 bridgehead atoms. The first kappa shape index (κ1) is 13.3. The van der Waals surface area contributed by atoms with Crippen molar-refractivity contribution < 1.29 is 24.1 Å². The van der Waals surface area contributed by atoms with Gasteiger partial charge in [-0.3, -0.25) is 0 Å². The molecule has 1 N–H and O–H groups in total. The maximum Gasteiger partial charge on any atom is 0.337 e. The number of aliphatic hydroxyl groups excluding tert-OH is 1. The molecule has 0 radical (unpaired) electrons. The summed E-state index contributed by atoms with van der Waals surface area (Å²) in [4.78, 5) is 11.6. The number of aliphatic hydroxyl groups is 1. The molecule has 0 fully saturated rings. The van der Waals surface area contributed by atoms with Gasteiger partial charge in [0.1, 0.15) is 11.9 Å². The topological polar surface area (TPSA) is 65.0 Å². The number of carbonyl (C=O) groups is 1. The number of hydrogen-bond donors (Lipinski definition) is 1. The van der Waals surface area contributed by atoms with Crippen LogP contribution >= 0.6 is 0 Å². The van der Waals surface area contributed by atoms with Gasteiger partial charge in [0.2, 0.25) is 0 Å². The molecule has 0 aliphatic carbocycles. The Labute approximate surface area is 111 Å². The summed E-state index contributed by atoms with van der Waals surface area (Å²) < 4.78 is 15.6. The van der Waals surface area contributed by atoms with Gasteiger partial charge < -0.3 is 19.3 Å². The maximum absolute atomic E-state index is 11.6. The van der Waals surface area contributed by atoms with Gasteiger partial charge in [-0.15, -0.1) is 0 Å². The minimum absolute atomic E-state index is 0.0658. The molecule has 2 rings (SSSR count). The number of rotatable bonds is 3. The Balaban J connectivity index is 2.31. The van der Waals surface area contributed by atoms with Gasteiger partial charge in [-0.25, -0.2) is 4.79 Å². The number of carbonyl (C=O) groups excluding carboxylic acids is 1. The maximum atomic E-state index is 11.6. The number of methoxy groups -OCH3 is 2. The van der Waals surface area contributed by atoms with Gasteiger partial charge in [0.15, 0.2) is 11.5 Å². The van der Waals surface area contributed by atoms with Crippen LogP contribution in [0.4, 0.5) is 0 Å². The van der Waals surface area contributed by atoms with Crippen molar-refractivity contribution >= 4 is 5.97 Å². The van der Waals surface area contributed by atoms with Crippen LogP contribution in [0.1, 0.15) is 25.0 Å². The predicted molar refractivity (Wildman–Crippen MR) is 68.3 cm³/mol. The van der Waals surface area contributed by atoms with Crippen molar-refractivity contribution in [2.24, 2.45) is 0 Å².